The second kappa shape index (κ2) is 6.77. The minimum atomic E-state index is -0.679. The molecule has 0 aliphatic heterocycles. The third kappa shape index (κ3) is 4.61. The highest BCUT2D eigenvalue weighted by molar-refractivity contribution is 5.74. The SMILES string of the molecule is CCC(C)C(=O)Oc1ncc(F)c(N=CN(C)C)n1. The van der Waals surface area contributed by atoms with Crippen LogP contribution in [0.4, 0.5) is 10.2 Å². The van der Waals surface area contributed by atoms with E-state index in [0.717, 1.165) is 6.20 Å². The summed E-state index contributed by atoms with van der Waals surface area (Å²) < 4.78 is 18.3. The number of hydrogen-bond donors (Lipinski definition) is 0. The molecule has 0 saturated heterocycles. The second-order valence-corrected chi connectivity index (χ2v) is 4.26. The maximum Gasteiger partial charge on any atom is 0.326 e. The standard InChI is InChI=1S/C12H17FN4O2/c1-5-8(2)11(18)19-12-14-6-9(13)10(16-12)15-7-17(3)4/h6-8H,5H2,1-4H3. The molecule has 0 bridgehead atoms. The Morgan fingerprint density at radius 3 is 2.89 bits per heavy atom. The van der Waals surface area contributed by atoms with Crippen molar-refractivity contribution < 1.29 is 13.9 Å². The zero-order chi connectivity index (χ0) is 14.4. The molecular weight excluding hydrogens is 251 g/mol. The van der Waals surface area contributed by atoms with Crippen LogP contribution in [-0.2, 0) is 4.79 Å². The van der Waals surface area contributed by atoms with Crippen LogP contribution in [0.2, 0.25) is 0 Å². The van der Waals surface area contributed by atoms with Crippen molar-refractivity contribution >= 4 is 18.1 Å². The van der Waals surface area contributed by atoms with Gasteiger partial charge >= 0.3 is 12.0 Å². The van der Waals surface area contributed by atoms with Gasteiger partial charge in [-0.15, -0.1) is 0 Å². The Kier molecular flexibility index (Phi) is 5.35. The van der Waals surface area contributed by atoms with Crippen molar-refractivity contribution in [2.45, 2.75) is 20.3 Å². The first kappa shape index (κ1) is 15.0. The molecule has 104 valence electrons. The van der Waals surface area contributed by atoms with Gasteiger partial charge in [-0.05, 0) is 6.42 Å². The second-order valence-electron chi connectivity index (χ2n) is 4.26. The average Bonchev–Trinajstić information content (AvgIpc) is 2.38. The molecule has 0 aromatic carbocycles. The molecule has 0 spiro atoms. The number of carbonyl (C=O) groups is 1. The van der Waals surface area contributed by atoms with E-state index in [1.165, 1.54) is 6.34 Å². The Morgan fingerprint density at radius 1 is 1.63 bits per heavy atom. The summed E-state index contributed by atoms with van der Waals surface area (Å²) >= 11 is 0. The number of carbonyl (C=O) groups excluding carboxylic acids is 1. The van der Waals surface area contributed by atoms with E-state index in [9.17, 15) is 9.18 Å². The van der Waals surface area contributed by atoms with E-state index in [-0.39, 0.29) is 17.7 Å². The minimum absolute atomic E-state index is 0.171. The number of esters is 1. The zero-order valence-corrected chi connectivity index (χ0v) is 11.4. The van der Waals surface area contributed by atoms with Crippen LogP contribution in [-0.4, -0.2) is 41.3 Å². The molecule has 1 rings (SSSR count). The van der Waals surface area contributed by atoms with Crippen LogP contribution in [0.3, 0.4) is 0 Å². The first-order chi connectivity index (χ1) is 8.93. The first-order valence-electron chi connectivity index (χ1n) is 5.88. The molecule has 19 heavy (non-hydrogen) atoms. The van der Waals surface area contributed by atoms with Crippen molar-refractivity contribution in [1.29, 1.82) is 0 Å². The van der Waals surface area contributed by atoms with Gasteiger partial charge in [0.25, 0.3) is 0 Å². The summed E-state index contributed by atoms with van der Waals surface area (Å²) in [5, 5.41) is 0. The van der Waals surface area contributed by atoms with E-state index in [1.807, 2.05) is 6.92 Å². The lowest BCUT2D eigenvalue weighted by Gasteiger charge is -2.07. The van der Waals surface area contributed by atoms with Crippen molar-refractivity contribution in [1.82, 2.24) is 14.9 Å². The van der Waals surface area contributed by atoms with Crippen LogP contribution in [0.15, 0.2) is 11.2 Å². The highest BCUT2D eigenvalue weighted by atomic mass is 19.1. The van der Waals surface area contributed by atoms with E-state index in [0.29, 0.717) is 6.42 Å². The molecule has 0 amide bonds. The molecule has 0 radical (unpaired) electrons. The van der Waals surface area contributed by atoms with Crippen molar-refractivity contribution in [3.8, 4) is 6.01 Å². The Balaban J connectivity index is 2.87. The number of aromatic nitrogens is 2. The molecule has 0 N–H and O–H groups in total. The summed E-state index contributed by atoms with van der Waals surface area (Å²) in [5.41, 5.74) is 0. The summed E-state index contributed by atoms with van der Waals surface area (Å²) in [5.74, 6) is -1.56. The quantitative estimate of drug-likeness (QED) is 0.462. The Bertz CT molecular complexity index is 477. The van der Waals surface area contributed by atoms with Gasteiger partial charge in [0.15, 0.2) is 11.6 Å². The maximum atomic E-state index is 13.4. The third-order valence-electron chi connectivity index (χ3n) is 2.32. The van der Waals surface area contributed by atoms with Gasteiger partial charge in [0, 0.05) is 14.1 Å². The predicted molar refractivity (Wildman–Crippen MR) is 68.9 cm³/mol. The van der Waals surface area contributed by atoms with Gasteiger partial charge in [-0.3, -0.25) is 4.79 Å². The monoisotopic (exact) mass is 268 g/mol. The smallest absolute Gasteiger partial charge is 0.326 e. The number of rotatable bonds is 5. The molecule has 6 nitrogen and oxygen atoms in total. The molecule has 0 fully saturated rings. The molecule has 1 heterocycles. The zero-order valence-electron chi connectivity index (χ0n) is 11.4. The maximum absolute atomic E-state index is 13.4. The van der Waals surface area contributed by atoms with E-state index in [4.69, 9.17) is 4.74 Å². The Labute approximate surface area is 111 Å². The molecule has 1 unspecified atom stereocenters. The Hall–Kier alpha value is -2.05. The normalized spacial score (nSPS) is 12.5. The van der Waals surface area contributed by atoms with Crippen molar-refractivity contribution in [3.05, 3.63) is 12.0 Å². The molecule has 0 aliphatic carbocycles. The third-order valence-corrected chi connectivity index (χ3v) is 2.32. The molecule has 0 aliphatic rings. The fraction of sp³-hybridized carbons (Fsp3) is 0.500. The minimum Gasteiger partial charge on any atom is -0.391 e. The van der Waals surface area contributed by atoms with Gasteiger partial charge in [-0.2, -0.15) is 4.98 Å². The van der Waals surface area contributed by atoms with Crippen LogP contribution in [0.1, 0.15) is 20.3 Å². The van der Waals surface area contributed by atoms with E-state index in [2.05, 4.69) is 15.0 Å². The van der Waals surface area contributed by atoms with Crippen molar-refractivity contribution in [3.63, 3.8) is 0 Å². The van der Waals surface area contributed by atoms with Crippen molar-refractivity contribution in [2.24, 2.45) is 10.9 Å². The first-order valence-corrected chi connectivity index (χ1v) is 5.88. The van der Waals surface area contributed by atoms with Crippen LogP contribution >= 0.6 is 0 Å². The fourth-order valence-corrected chi connectivity index (χ4v) is 1.01. The lowest BCUT2D eigenvalue weighted by Crippen LogP contribution is -2.18. The fourth-order valence-electron chi connectivity index (χ4n) is 1.01. The molecule has 1 aromatic rings. The molecule has 0 saturated carbocycles. The lowest BCUT2D eigenvalue weighted by molar-refractivity contribution is -0.139. The highest BCUT2D eigenvalue weighted by Crippen LogP contribution is 2.17. The van der Waals surface area contributed by atoms with E-state index >= 15 is 0 Å². The average molecular weight is 268 g/mol. The van der Waals surface area contributed by atoms with Crippen LogP contribution in [0.25, 0.3) is 0 Å². The van der Waals surface area contributed by atoms with Crippen molar-refractivity contribution in [2.75, 3.05) is 14.1 Å². The predicted octanol–water partition coefficient (Wildman–Crippen LogP) is 1.79. The lowest BCUT2D eigenvalue weighted by atomic mass is 10.1. The summed E-state index contributed by atoms with van der Waals surface area (Å²) in [4.78, 5) is 24.4. The summed E-state index contributed by atoms with van der Waals surface area (Å²) in [6.07, 6.45) is 2.96. The van der Waals surface area contributed by atoms with Gasteiger partial charge in [-0.25, -0.2) is 14.4 Å². The molecule has 1 atom stereocenters. The summed E-state index contributed by atoms with van der Waals surface area (Å²) in [6.45, 7) is 3.60. The van der Waals surface area contributed by atoms with Gasteiger partial charge in [-0.1, -0.05) is 13.8 Å². The number of nitrogens with zero attached hydrogens (tertiary/aromatic N) is 4. The van der Waals surface area contributed by atoms with E-state index in [1.54, 1.807) is 25.9 Å². The summed E-state index contributed by atoms with van der Waals surface area (Å²) in [6, 6.07) is -0.197. The molecule has 7 heteroatoms. The largest absolute Gasteiger partial charge is 0.391 e. The van der Waals surface area contributed by atoms with Crippen LogP contribution < -0.4 is 4.74 Å². The highest BCUT2D eigenvalue weighted by Gasteiger charge is 2.16. The van der Waals surface area contributed by atoms with Gasteiger partial charge in [0.05, 0.1) is 18.5 Å². The number of aliphatic imine (C=N–C) groups is 1. The van der Waals surface area contributed by atoms with Crippen LogP contribution in [0.5, 0.6) is 6.01 Å². The number of hydrogen-bond acceptors (Lipinski definition) is 5. The number of ether oxygens (including phenoxy) is 1. The summed E-state index contributed by atoms with van der Waals surface area (Å²) in [7, 11) is 3.49. The van der Waals surface area contributed by atoms with Gasteiger partial charge < -0.3 is 9.64 Å². The Morgan fingerprint density at radius 2 is 2.32 bits per heavy atom. The van der Waals surface area contributed by atoms with Gasteiger partial charge in [0.1, 0.15) is 0 Å². The molecular formula is C12H17FN4O2. The van der Waals surface area contributed by atoms with E-state index < -0.39 is 11.8 Å². The topological polar surface area (TPSA) is 67.7 Å². The van der Waals surface area contributed by atoms with Crippen LogP contribution in [0, 0.1) is 11.7 Å². The van der Waals surface area contributed by atoms with Gasteiger partial charge in [0.2, 0.25) is 0 Å². The molecule has 1 aromatic heterocycles. The number of halogens is 1.